The molecule has 0 fully saturated rings. The first-order valence-corrected chi connectivity index (χ1v) is 14.0. The summed E-state index contributed by atoms with van der Waals surface area (Å²) in [4.78, 5) is 0. The number of benzene rings is 6. The number of hydrogen-bond acceptors (Lipinski definition) is 0. The second-order valence-corrected chi connectivity index (χ2v) is 13.0. The molecule has 0 aliphatic carbocycles. The fourth-order valence-corrected chi connectivity index (χ4v) is 11.9. The molecule has 0 nitrogen and oxygen atoms in total. The zero-order valence-electron chi connectivity index (χ0n) is 19.1. The molecule has 1 aliphatic heterocycles. The molecule has 7 rings (SSSR count). The predicted octanol–water partition coefficient (Wildman–Crippen LogP) is 5.66. The van der Waals surface area contributed by atoms with Crippen LogP contribution in [-0.2, 0) is 0 Å². The lowest BCUT2D eigenvalue weighted by molar-refractivity contribution is 1.54. The molecule has 34 heavy (non-hydrogen) atoms. The third-order valence-electron chi connectivity index (χ3n) is 7.66. The lowest BCUT2D eigenvalue weighted by atomic mass is 9.97. The standard InChI is InChI=1S/C33H24Si/c1-23-11-10-18-29-27(23)21-22-31-30-20-19-24-12-8-9-17-28(24)32(30)34(33(29)31,25-13-4-2-5-14-25)26-15-6-3-7-16-26/h2-22H,1H3. The minimum Gasteiger partial charge on any atom is -0.0623 e. The van der Waals surface area contributed by atoms with Gasteiger partial charge in [0.2, 0.25) is 0 Å². The highest BCUT2D eigenvalue weighted by atomic mass is 28.3. The monoisotopic (exact) mass is 448 g/mol. The van der Waals surface area contributed by atoms with Gasteiger partial charge in [-0.15, -0.1) is 0 Å². The van der Waals surface area contributed by atoms with Gasteiger partial charge in [0.05, 0.1) is 0 Å². The van der Waals surface area contributed by atoms with E-state index in [2.05, 4.69) is 134 Å². The zero-order chi connectivity index (χ0) is 22.7. The van der Waals surface area contributed by atoms with Crippen LogP contribution in [-0.4, -0.2) is 8.07 Å². The van der Waals surface area contributed by atoms with Crippen molar-refractivity contribution in [1.82, 2.24) is 0 Å². The van der Waals surface area contributed by atoms with Gasteiger partial charge in [0.15, 0.2) is 8.07 Å². The van der Waals surface area contributed by atoms with Crippen LogP contribution in [0.1, 0.15) is 5.56 Å². The van der Waals surface area contributed by atoms with Gasteiger partial charge in [-0.05, 0) is 65.9 Å². The number of aryl methyl sites for hydroxylation is 1. The van der Waals surface area contributed by atoms with E-state index in [1.54, 1.807) is 0 Å². The molecule has 0 unspecified atom stereocenters. The summed E-state index contributed by atoms with van der Waals surface area (Å²) in [5.41, 5.74) is 4.14. The van der Waals surface area contributed by atoms with Crippen molar-refractivity contribution in [2.75, 3.05) is 0 Å². The molecule has 0 radical (unpaired) electrons. The van der Waals surface area contributed by atoms with E-state index in [0.717, 1.165) is 0 Å². The molecule has 0 saturated carbocycles. The second-order valence-electron chi connectivity index (χ2n) is 9.35. The summed E-state index contributed by atoms with van der Waals surface area (Å²) in [5.74, 6) is 0. The first-order valence-electron chi connectivity index (χ1n) is 12.0. The SMILES string of the molecule is Cc1cccc2c3c(ccc12)-c1ccc2ccccc2c1[Si]3(c1ccccc1)c1ccccc1. The van der Waals surface area contributed by atoms with Crippen molar-refractivity contribution in [2.45, 2.75) is 6.92 Å². The van der Waals surface area contributed by atoms with Crippen molar-refractivity contribution < 1.29 is 0 Å². The van der Waals surface area contributed by atoms with Crippen molar-refractivity contribution in [1.29, 1.82) is 0 Å². The van der Waals surface area contributed by atoms with Gasteiger partial charge in [-0.1, -0.05) is 127 Å². The Kier molecular flexibility index (Phi) is 4.18. The van der Waals surface area contributed by atoms with Gasteiger partial charge in [0, 0.05) is 0 Å². The fraction of sp³-hybridized carbons (Fsp3) is 0.0303. The molecule has 0 N–H and O–H groups in total. The Bertz CT molecular complexity index is 1660. The minimum atomic E-state index is -2.58. The van der Waals surface area contributed by atoms with Crippen molar-refractivity contribution in [3.8, 4) is 11.1 Å². The van der Waals surface area contributed by atoms with Crippen molar-refractivity contribution >= 4 is 50.4 Å². The molecule has 0 bridgehead atoms. The molecular weight excluding hydrogens is 424 g/mol. The van der Waals surface area contributed by atoms with Crippen LogP contribution in [0.4, 0.5) is 0 Å². The predicted molar refractivity (Wildman–Crippen MR) is 149 cm³/mol. The Morgan fingerprint density at radius 1 is 0.412 bits per heavy atom. The summed E-state index contributed by atoms with van der Waals surface area (Å²) in [6, 6.07) is 47.8. The minimum absolute atomic E-state index is 1.32. The lowest BCUT2D eigenvalue weighted by Crippen LogP contribution is -2.73. The molecule has 1 heterocycles. The average molecular weight is 449 g/mol. The van der Waals surface area contributed by atoms with E-state index >= 15 is 0 Å². The third kappa shape index (κ3) is 2.48. The Hall–Kier alpha value is -3.94. The first-order chi connectivity index (χ1) is 16.8. The van der Waals surface area contributed by atoms with E-state index in [-0.39, 0.29) is 0 Å². The highest BCUT2D eigenvalue weighted by Gasteiger charge is 2.50. The topological polar surface area (TPSA) is 0 Å². The summed E-state index contributed by atoms with van der Waals surface area (Å²) >= 11 is 0. The molecule has 160 valence electrons. The molecule has 0 amide bonds. The molecule has 6 aromatic rings. The van der Waals surface area contributed by atoms with Gasteiger partial charge < -0.3 is 0 Å². The molecule has 0 spiro atoms. The Balaban J connectivity index is 1.79. The van der Waals surface area contributed by atoms with Crippen LogP contribution in [0.5, 0.6) is 0 Å². The largest absolute Gasteiger partial charge is 0.182 e. The normalized spacial score (nSPS) is 13.7. The molecule has 1 heteroatoms. The van der Waals surface area contributed by atoms with E-state index in [9.17, 15) is 0 Å². The van der Waals surface area contributed by atoms with Crippen molar-refractivity contribution in [3.05, 3.63) is 133 Å². The molecule has 0 saturated heterocycles. The Morgan fingerprint density at radius 3 is 1.68 bits per heavy atom. The van der Waals surface area contributed by atoms with Crippen LogP contribution in [0, 0.1) is 6.92 Å². The van der Waals surface area contributed by atoms with E-state index in [1.165, 1.54) is 59.0 Å². The quantitative estimate of drug-likeness (QED) is 0.299. The van der Waals surface area contributed by atoms with Gasteiger partial charge in [0.25, 0.3) is 0 Å². The molecule has 0 atom stereocenters. The molecule has 0 aromatic heterocycles. The lowest BCUT2D eigenvalue weighted by Gasteiger charge is -2.33. The third-order valence-corrected chi connectivity index (χ3v) is 12.6. The summed E-state index contributed by atoms with van der Waals surface area (Å²) < 4.78 is 0. The van der Waals surface area contributed by atoms with Crippen LogP contribution in [0.2, 0.25) is 0 Å². The highest BCUT2D eigenvalue weighted by molar-refractivity contribution is 7.24. The fourth-order valence-electron chi connectivity index (χ4n) is 6.29. The maximum Gasteiger partial charge on any atom is 0.182 e. The first kappa shape index (κ1) is 19.5. The van der Waals surface area contributed by atoms with Gasteiger partial charge >= 0.3 is 0 Å². The van der Waals surface area contributed by atoms with E-state index in [0.29, 0.717) is 0 Å². The number of fused-ring (bicyclic) bond motifs is 7. The maximum atomic E-state index is 2.39. The zero-order valence-corrected chi connectivity index (χ0v) is 20.1. The summed E-state index contributed by atoms with van der Waals surface area (Å²) in [6.45, 7) is 2.24. The molecule has 1 aliphatic rings. The molecular formula is C33H24Si. The Labute approximate surface area is 201 Å². The number of hydrogen-bond donors (Lipinski definition) is 0. The van der Waals surface area contributed by atoms with Gasteiger partial charge in [0.1, 0.15) is 0 Å². The number of rotatable bonds is 2. The van der Waals surface area contributed by atoms with Crippen molar-refractivity contribution in [3.63, 3.8) is 0 Å². The smallest absolute Gasteiger partial charge is 0.0623 e. The second kappa shape index (κ2) is 7.28. The summed E-state index contributed by atoms with van der Waals surface area (Å²) in [7, 11) is -2.58. The maximum absolute atomic E-state index is 2.58. The van der Waals surface area contributed by atoms with Crippen LogP contribution < -0.4 is 20.7 Å². The molecule has 6 aromatic carbocycles. The highest BCUT2D eigenvalue weighted by Crippen LogP contribution is 2.35. The van der Waals surface area contributed by atoms with Crippen LogP contribution in [0.25, 0.3) is 32.7 Å². The summed E-state index contributed by atoms with van der Waals surface area (Å²) in [5, 5.41) is 11.4. The van der Waals surface area contributed by atoms with Gasteiger partial charge in [-0.3, -0.25) is 0 Å². The van der Waals surface area contributed by atoms with Gasteiger partial charge in [-0.25, -0.2) is 0 Å². The van der Waals surface area contributed by atoms with Crippen molar-refractivity contribution in [2.24, 2.45) is 0 Å². The van der Waals surface area contributed by atoms with Crippen LogP contribution in [0.3, 0.4) is 0 Å². The van der Waals surface area contributed by atoms with Gasteiger partial charge in [-0.2, -0.15) is 0 Å². The van der Waals surface area contributed by atoms with E-state index in [1.807, 2.05) is 0 Å². The Morgan fingerprint density at radius 2 is 0.971 bits per heavy atom. The van der Waals surface area contributed by atoms with E-state index < -0.39 is 8.07 Å². The van der Waals surface area contributed by atoms with Crippen LogP contribution >= 0.6 is 0 Å². The average Bonchev–Trinajstić information content (AvgIpc) is 3.22. The van der Waals surface area contributed by atoms with E-state index in [4.69, 9.17) is 0 Å². The van der Waals surface area contributed by atoms with Crippen LogP contribution in [0.15, 0.2) is 127 Å². The summed E-state index contributed by atoms with van der Waals surface area (Å²) in [6.07, 6.45) is 0.